The number of unbranched alkanes of at least 4 members (excludes halogenated alkanes) is 3. The molecule has 1 N–H and O–H groups in total. The molecular formula is C37H44O8. The van der Waals surface area contributed by atoms with Gasteiger partial charge < -0.3 is 24.1 Å². The van der Waals surface area contributed by atoms with E-state index in [1.54, 1.807) is 60.7 Å². The van der Waals surface area contributed by atoms with E-state index in [-0.39, 0.29) is 16.6 Å². The normalized spacial score (nSPS) is 11.4. The van der Waals surface area contributed by atoms with Crippen molar-refractivity contribution < 1.29 is 38.4 Å². The SMILES string of the molecule is C=CC(=O)OCCCCCCOc1ccc(C(=O)Oc2ccc(OC(=O)c3cc(C(C)(C)C)c(O)c(C(C)(C)C)c3)cc2)cc1. The van der Waals surface area contributed by atoms with E-state index in [9.17, 15) is 19.5 Å². The van der Waals surface area contributed by atoms with E-state index in [2.05, 4.69) is 6.58 Å². The molecule has 8 nitrogen and oxygen atoms in total. The van der Waals surface area contributed by atoms with Crippen LogP contribution >= 0.6 is 0 Å². The Morgan fingerprint density at radius 2 is 1.11 bits per heavy atom. The van der Waals surface area contributed by atoms with Crippen LogP contribution < -0.4 is 14.2 Å². The molecule has 0 spiro atoms. The number of carbonyl (C=O) groups excluding carboxylic acids is 3. The fourth-order valence-corrected chi connectivity index (χ4v) is 4.47. The first-order chi connectivity index (χ1) is 21.2. The zero-order chi connectivity index (χ0) is 33.2. The van der Waals surface area contributed by atoms with Crippen molar-refractivity contribution in [3.63, 3.8) is 0 Å². The molecule has 240 valence electrons. The summed E-state index contributed by atoms with van der Waals surface area (Å²) in [5, 5.41) is 10.9. The van der Waals surface area contributed by atoms with Gasteiger partial charge in [-0.25, -0.2) is 14.4 Å². The number of hydrogen-bond donors (Lipinski definition) is 1. The highest BCUT2D eigenvalue weighted by Gasteiger charge is 2.28. The fraction of sp³-hybridized carbons (Fsp3) is 0.378. The van der Waals surface area contributed by atoms with Crippen LogP contribution in [0, 0.1) is 0 Å². The molecule has 0 atom stereocenters. The minimum Gasteiger partial charge on any atom is -0.507 e. The lowest BCUT2D eigenvalue weighted by atomic mass is 9.78. The lowest BCUT2D eigenvalue weighted by Crippen LogP contribution is -2.20. The molecule has 45 heavy (non-hydrogen) atoms. The third-order valence-corrected chi connectivity index (χ3v) is 7.01. The Balaban J connectivity index is 1.51. The maximum Gasteiger partial charge on any atom is 0.343 e. The lowest BCUT2D eigenvalue weighted by Gasteiger charge is -2.27. The Kier molecular flexibility index (Phi) is 12.0. The van der Waals surface area contributed by atoms with Crippen molar-refractivity contribution in [1.29, 1.82) is 0 Å². The Labute approximate surface area is 266 Å². The lowest BCUT2D eigenvalue weighted by molar-refractivity contribution is -0.137. The highest BCUT2D eigenvalue weighted by molar-refractivity contribution is 5.92. The van der Waals surface area contributed by atoms with E-state index in [1.165, 1.54) is 0 Å². The Hall–Kier alpha value is -4.59. The second kappa shape index (κ2) is 15.4. The number of aromatic hydroxyl groups is 1. The summed E-state index contributed by atoms with van der Waals surface area (Å²) in [6.07, 6.45) is 4.68. The van der Waals surface area contributed by atoms with Gasteiger partial charge in [-0.1, -0.05) is 48.1 Å². The maximum absolute atomic E-state index is 13.1. The quantitative estimate of drug-likeness (QED) is 0.0888. The van der Waals surface area contributed by atoms with Crippen molar-refractivity contribution in [2.45, 2.75) is 78.1 Å². The molecule has 0 radical (unpaired) electrons. The number of phenolic OH excluding ortho intramolecular Hbond substituents is 1. The van der Waals surface area contributed by atoms with Gasteiger partial charge in [0, 0.05) is 17.2 Å². The molecule has 0 aromatic heterocycles. The van der Waals surface area contributed by atoms with Gasteiger partial charge in [-0.15, -0.1) is 0 Å². The Bertz CT molecular complexity index is 1440. The third kappa shape index (κ3) is 10.5. The smallest absolute Gasteiger partial charge is 0.343 e. The van der Waals surface area contributed by atoms with Gasteiger partial charge in [-0.05, 0) is 97.2 Å². The minimum atomic E-state index is -0.551. The second-order valence-corrected chi connectivity index (χ2v) is 12.8. The summed E-state index contributed by atoms with van der Waals surface area (Å²) in [6.45, 7) is 16.2. The van der Waals surface area contributed by atoms with Gasteiger partial charge in [-0.2, -0.15) is 0 Å². The monoisotopic (exact) mass is 616 g/mol. The van der Waals surface area contributed by atoms with E-state index in [4.69, 9.17) is 18.9 Å². The van der Waals surface area contributed by atoms with E-state index < -0.39 is 17.9 Å². The van der Waals surface area contributed by atoms with Crippen LogP contribution in [0.15, 0.2) is 73.3 Å². The van der Waals surface area contributed by atoms with Gasteiger partial charge in [-0.3, -0.25) is 0 Å². The maximum atomic E-state index is 13.1. The number of carbonyl (C=O) groups is 3. The minimum absolute atomic E-state index is 0.189. The number of phenols is 1. The summed E-state index contributed by atoms with van der Waals surface area (Å²) < 4.78 is 21.8. The average Bonchev–Trinajstić information content (AvgIpc) is 2.98. The topological polar surface area (TPSA) is 108 Å². The van der Waals surface area contributed by atoms with Gasteiger partial charge in [0.2, 0.25) is 0 Å². The van der Waals surface area contributed by atoms with Gasteiger partial charge >= 0.3 is 17.9 Å². The molecular weight excluding hydrogens is 572 g/mol. The molecule has 3 aromatic rings. The van der Waals surface area contributed by atoms with Crippen LogP contribution in [0.3, 0.4) is 0 Å². The molecule has 0 saturated carbocycles. The molecule has 0 aliphatic carbocycles. The van der Waals surface area contributed by atoms with Crippen LogP contribution in [-0.2, 0) is 20.4 Å². The number of rotatable bonds is 13. The first-order valence-electron chi connectivity index (χ1n) is 15.1. The predicted octanol–water partition coefficient (Wildman–Crippen LogP) is 8.09. The standard InChI is InChI=1S/C37H44O8/c1-8-32(38)43-22-12-10-9-11-21-42-27-15-13-25(14-16-27)34(40)44-28-17-19-29(20-18-28)45-35(41)26-23-30(36(2,3)4)33(39)31(24-26)37(5,6)7/h8,13-20,23-24,39H,1,9-12,21-22H2,2-7H3. The molecule has 0 unspecified atom stereocenters. The first-order valence-corrected chi connectivity index (χ1v) is 15.1. The number of ether oxygens (including phenoxy) is 4. The summed E-state index contributed by atoms with van der Waals surface area (Å²) in [5.41, 5.74) is 1.28. The van der Waals surface area contributed by atoms with Gasteiger partial charge in [0.05, 0.1) is 24.3 Å². The van der Waals surface area contributed by atoms with Crippen LogP contribution in [0.1, 0.15) is 99.1 Å². The number of benzene rings is 3. The van der Waals surface area contributed by atoms with Crippen molar-refractivity contribution in [2.75, 3.05) is 13.2 Å². The highest BCUT2D eigenvalue weighted by atomic mass is 16.5. The van der Waals surface area contributed by atoms with Crippen molar-refractivity contribution in [1.82, 2.24) is 0 Å². The number of hydrogen-bond acceptors (Lipinski definition) is 8. The van der Waals surface area contributed by atoms with Crippen LogP contribution in [-0.4, -0.2) is 36.2 Å². The van der Waals surface area contributed by atoms with Crippen LogP contribution in [0.2, 0.25) is 0 Å². The van der Waals surface area contributed by atoms with Gasteiger partial charge in [0.1, 0.15) is 23.0 Å². The first kappa shape index (κ1) is 34.9. The Morgan fingerprint density at radius 1 is 0.667 bits per heavy atom. The molecule has 3 rings (SSSR count). The summed E-state index contributed by atoms with van der Waals surface area (Å²) in [5.74, 6) is -0.0568. The summed E-state index contributed by atoms with van der Waals surface area (Å²) in [7, 11) is 0. The predicted molar refractivity (Wildman–Crippen MR) is 173 cm³/mol. The van der Waals surface area contributed by atoms with E-state index in [1.807, 2.05) is 41.5 Å². The van der Waals surface area contributed by atoms with Crippen molar-refractivity contribution in [3.05, 3.63) is 95.6 Å². The largest absolute Gasteiger partial charge is 0.507 e. The zero-order valence-corrected chi connectivity index (χ0v) is 27.1. The van der Waals surface area contributed by atoms with Gasteiger partial charge in [0.15, 0.2) is 0 Å². The van der Waals surface area contributed by atoms with Gasteiger partial charge in [0.25, 0.3) is 0 Å². The average molecular weight is 617 g/mol. The number of esters is 3. The Morgan fingerprint density at radius 3 is 1.58 bits per heavy atom. The van der Waals surface area contributed by atoms with E-state index >= 15 is 0 Å². The summed E-state index contributed by atoms with van der Waals surface area (Å²) in [6, 6.07) is 16.3. The molecule has 0 amide bonds. The molecule has 0 fully saturated rings. The van der Waals surface area contributed by atoms with E-state index in [0.29, 0.717) is 52.7 Å². The van der Waals surface area contributed by atoms with Crippen LogP contribution in [0.5, 0.6) is 23.0 Å². The van der Waals surface area contributed by atoms with Crippen molar-refractivity contribution in [3.8, 4) is 23.0 Å². The van der Waals surface area contributed by atoms with E-state index in [0.717, 1.165) is 31.8 Å². The van der Waals surface area contributed by atoms with Crippen LogP contribution in [0.4, 0.5) is 0 Å². The van der Waals surface area contributed by atoms with Crippen molar-refractivity contribution in [2.24, 2.45) is 0 Å². The van der Waals surface area contributed by atoms with Crippen LogP contribution in [0.25, 0.3) is 0 Å². The summed E-state index contributed by atoms with van der Waals surface area (Å²) in [4.78, 5) is 36.8. The van der Waals surface area contributed by atoms with Crippen molar-refractivity contribution >= 4 is 17.9 Å². The molecule has 0 saturated heterocycles. The molecule has 0 bridgehead atoms. The fourth-order valence-electron chi connectivity index (χ4n) is 4.47. The molecule has 3 aromatic carbocycles. The summed E-state index contributed by atoms with van der Waals surface area (Å²) >= 11 is 0. The molecule has 8 heteroatoms. The highest BCUT2D eigenvalue weighted by Crippen LogP contribution is 2.40. The zero-order valence-electron chi connectivity index (χ0n) is 27.1. The molecule has 0 aliphatic heterocycles. The molecule has 0 aliphatic rings. The molecule has 0 heterocycles. The second-order valence-electron chi connectivity index (χ2n) is 12.8. The third-order valence-electron chi connectivity index (χ3n) is 7.01.